The number of likely N-dealkylation sites (tertiary alicyclic amines) is 1. The maximum Gasteiger partial charge on any atom is 0.333 e. The molecule has 2 atom stereocenters. The average molecular weight is 521 g/mol. The highest BCUT2D eigenvalue weighted by Crippen LogP contribution is 2.41. The highest BCUT2D eigenvalue weighted by Gasteiger charge is 2.27. The summed E-state index contributed by atoms with van der Waals surface area (Å²) in [6.45, 7) is 7.45. The monoisotopic (exact) mass is 520 g/mol. The summed E-state index contributed by atoms with van der Waals surface area (Å²) < 4.78 is 28.8. The van der Waals surface area contributed by atoms with Crippen LogP contribution in [-0.2, 0) is 23.4 Å². The van der Waals surface area contributed by atoms with Gasteiger partial charge in [0.15, 0.2) is 0 Å². The summed E-state index contributed by atoms with van der Waals surface area (Å²) in [5, 5.41) is 0. The zero-order valence-electron chi connectivity index (χ0n) is 22.8. The number of nitrogens with one attached hydrogen (secondary N) is 1. The van der Waals surface area contributed by atoms with E-state index in [4.69, 9.17) is 14.0 Å². The third kappa shape index (κ3) is 19.3. The Bertz CT molecular complexity index is 556. The first-order chi connectivity index (χ1) is 17.0. The van der Waals surface area contributed by atoms with Gasteiger partial charge in [-0.2, -0.15) is 0 Å². The second-order valence-electron chi connectivity index (χ2n) is 10.1. The Labute approximate surface area is 215 Å². The van der Waals surface area contributed by atoms with E-state index in [2.05, 4.69) is 6.92 Å². The quantitative estimate of drug-likeness (QED) is 0.102. The number of rotatable bonds is 24. The van der Waals surface area contributed by atoms with Crippen molar-refractivity contribution in [3.05, 3.63) is 0 Å². The van der Waals surface area contributed by atoms with Crippen LogP contribution in [-0.4, -0.2) is 62.6 Å². The molecule has 7 nitrogen and oxygen atoms in total. The van der Waals surface area contributed by atoms with Gasteiger partial charge in [0.2, 0.25) is 0 Å². The maximum atomic E-state index is 12.4. The number of hydrogen-bond donors (Lipinski definition) is 2. The Balaban J connectivity index is 2.07. The topological polar surface area (TPSA) is 86.5 Å². The fraction of sp³-hybridized carbons (Fsp3) is 0.963. The summed E-state index contributed by atoms with van der Waals surface area (Å²) in [7, 11) is -3.69. The van der Waals surface area contributed by atoms with Gasteiger partial charge in [0.25, 0.3) is 0 Å². The average Bonchev–Trinajstić information content (AvgIpc) is 3.37. The fourth-order valence-corrected chi connectivity index (χ4v) is 5.64. The summed E-state index contributed by atoms with van der Waals surface area (Å²) in [6.07, 6.45) is 19.0. The third-order valence-electron chi connectivity index (χ3n) is 6.80. The molecule has 0 saturated carbocycles. The molecule has 1 aliphatic rings. The number of carbonyl (C=O) groups excluding carboxylic acids is 1. The molecule has 0 spiro atoms. The van der Waals surface area contributed by atoms with Gasteiger partial charge in [0, 0.05) is 25.9 Å². The molecular formula is C27H55NO6P+. The lowest BCUT2D eigenvalue weighted by Gasteiger charge is -2.20. The van der Waals surface area contributed by atoms with Crippen molar-refractivity contribution in [2.75, 3.05) is 45.6 Å². The van der Waals surface area contributed by atoms with Crippen molar-refractivity contribution in [3.63, 3.8) is 0 Å². The molecule has 35 heavy (non-hydrogen) atoms. The van der Waals surface area contributed by atoms with Crippen molar-refractivity contribution in [2.24, 2.45) is 0 Å². The van der Waals surface area contributed by atoms with Crippen LogP contribution in [0.15, 0.2) is 0 Å². The van der Waals surface area contributed by atoms with Gasteiger partial charge >= 0.3 is 13.6 Å². The van der Waals surface area contributed by atoms with Crippen LogP contribution in [0.1, 0.15) is 117 Å². The second kappa shape index (κ2) is 21.6. The minimum atomic E-state index is -3.69. The van der Waals surface area contributed by atoms with Gasteiger partial charge < -0.3 is 23.8 Å². The van der Waals surface area contributed by atoms with E-state index < -0.39 is 13.7 Å². The molecule has 0 aromatic carbocycles. The predicted octanol–water partition coefficient (Wildman–Crippen LogP) is 5.30. The summed E-state index contributed by atoms with van der Waals surface area (Å²) in [6, 6.07) is 0. The van der Waals surface area contributed by atoms with Crippen LogP contribution in [0.25, 0.3) is 0 Å². The van der Waals surface area contributed by atoms with E-state index in [9.17, 15) is 14.3 Å². The SMILES string of the molecule is CCCCCCCCCCCCCCCOCC(COP(=O)(O)CC[NH+]1CCCC1)OC(=O)CC. The first-order valence-electron chi connectivity index (χ1n) is 14.5. The van der Waals surface area contributed by atoms with Crippen molar-refractivity contribution in [2.45, 2.75) is 123 Å². The van der Waals surface area contributed by atoms with Gasteiger partial charge in [-0.25, -0.2) is 0 Å². The van der Waals surface area contributed by atoms with E-state index in [1.807, 2.05) is 0 Å². The number of esters is 1. The highest BCUT2D eigenvalue weighted by molar-refractivity contribution is 7.52. The molecule has 1 rings (SSSR count). The summed E-state index contributed by atoms with van der Waals surface area (Å²) in [4.78, 5) is 23.3. The first kappa shape index (κ1) is 32.6. The van der Waals surface area contributed by atoms with Crippen LogP contribution in [0.5, 0.6) is 0 Å². The van der Waals surface area contributed by atoms with Gasteiger partial charge in [-0.15, -0.1) is 0 Å². The molecule has 2 unspecified atom stereocenters. The highest BCUT2D eigenvalue weighted by atomic mass is 31.2. The molecule has 208 valence electrons. The minimum absolute atomic E-state index is 0.104. The Hall–Kier alpha value is -0.460. The maximum absolute atomic E-state index is 12.4. The first-order valence-corrected chi connectivity index (χ1v) is 16.3. The Morgan fingerprint density at radius 2 is 1.40 bits per heavy atom. The predicted molar refractivity (Wildman–Crippen MR) is 142 cm³/mol. The molecule has 0 aromatic rings. The molecule has 1 aliphatic heterocycles. The summed E-state index contributed by atoms with van der Waals surface area (Å²) in [5.41, 5.74) is 0. The molecular weight excluding hydrogens is 465 g/mol. The lowest BCUT2D eigenvalue weighted by molar-refractivity contribution is -0.884. The number of ether oxygens (including phenoxy) is 2. The van der Waals surface area contributed by atoms with Crippen LogP contribution < -0.4 is 4.90 Å². The van der Waals surface area contributed by atoms with Crippen LogP contribution >= 0.6 is 7.60 Å². The molecule has 0 radical (unpaired) electrons. The smallest absolute Gasteiger partial charge is 0.333 e. The molecule has 8 heteroatoms. The van der Waals surface area contributed by atoms with Gasteiger partial charge in [-0.05, 0) is 6.42 Å². The van der Waals surface area contributed by atoms with Crippen LogP contribution in [0.3, 0.4) is 0 Å². The van der Waals surface area contributed by atoms with E-state index in [0.29, 0.717) is 13.2 Å². The lowest BCUT2D eigenvalue weighted by Crippen LogP contribution is -3.10. The number of carbonyl (C=O) groups is 1. The molecule has 0 aliphatic carbocycles. The lowest BCUT2D eigenvalue weighted by atomic mass is 10.0. The normalized spacial score (nSPS) is 16.9. The van der Waals surface area contributed by atoms with Gasteiger partial charge in [0.05, 0.1) is 39.0 Å². The fourth-order valence-electron chi connectivity index (χ4n) is 4.51. The number of hydrogen-bond acceptors (Lipinski definition) is 5. The molecule has 0 amide bonds. The van der Waals surface area contributed by atoms with Crippen molar-refractivity contribution < 1.29 is 33.2 Å². The Kier molecular flexibility index (Phi) is 20.1. The van der Waals surface area contributed by atoms with Crippen LogP contribution in [0.2, 0.25) is 0 Å². The van der Waals surface area contributed by atoms with Crippen molar-refractivity contribution in [1.29, 1.82) is 0 Å². The zero-order valence-corrected chi connectivity index (χ0v) is 23.7. The minimum Gasteiger partial charge on any atom is -0.457 e. The van der Waals surface area contributed by atoms with E-state index in [1.54, 1.807) is 6.92 Å². The van der Waals surface area contributed by atoms with E-state index >= 15 is 0 Å². The van der Waals surface area contributed by atoms with Gasteiger partial charge in [0.1, 0.15) is 6.10 Å². The molecule has 0 bridgehead atoms. The van der Waals surface area contributed by atoms with Crippen molar-refractivity contribution >= 4 is 13.6 Å². The van der Waals surface area contributed by atoms with Gasteiger partial charge in [-0.1, -0.05) is 90.9 Å². The molecule has 1 saturated heterocycles. The van der Waals surface area contributed by atoms with Gasteiger partial charge in [-0.3, -0.25) is 9.36 Å². The summed E-state index contributed by atoms with van der Waals surface area (Å²) >= 11 is 0. The molecule has 1 fully saturated rings. The van der Waals surface area contributed by atoms with Crippen LogP contribution in [0, 0.1) is 0 Å². The molecule has 1 heterocycles. The van der Waals surface area contributed by atoms with Crippen molar-refractivity contribution in [1.82, 2.24) is 0 Å². The third-order valence-corrected chi connectivity index (χ3v) is 8.14. The van der Waals surface area contributed by atoms with Crippen LogP contribution in [0.4, 0.5) is 0 Å². The number of quaternary nitrogens is 1. The second-order valence-corrected chi connectivity index (χ2v) is 12.1. The molecule has 2 N–H and O–H groups in total. The van der Waals surface area contributed by atoms with E-state index in [0.717, 1.165) is 25.9 Å². The largest absolute Gasteiger partial charge is 0.457 e. The Morgan fingerprint density at radius 3 is 1.94 bits per heavy atom. The van der Waals surface area contributed by atoms with Crippen molar-refractivity contribution in [3.8, 4) is 0 Å². The summed E-state index contributed by atoms with van der Waals surface area (Å²) in [5.74, 6) is -0.350. The zero-order chi connectivity index (χ0) is 25.6. The standard InChI is InChI=1S/C27H54NO6P/c1-3-5-6-7-8-9-10-11-12-13-14-15-18-22-32-24-26(34-27(29)4-2)25-33-35(30,31)23-21-28-19-16-17-20-28/h26H,3-25H2,1-2H3,(H,30,31)/p+1. The van der Waals surface area contributed by atoms with E-state index in [-0.39, 0.29) is 31.8 Å². The van der Waals surface area contributed by atoms with E-state index in [1.165, 1.54) is 88.4 Å². The number of unbranched alkanes of at least 4 members (excludes halogenated alkanes) is 12. The Morgan fingerprint density at radius 1 is 0.857 bits per heavy atom. The molecule has 0 aromatic heterocycles.